The van der Waals surface area contributed by atoms with Gasteiger partial charge in [-0.05, 0) is 26.8 Å². The maximum atomic E-state index is 10.9. The molecule has 0 fully saturated rings. The van der Waals surface area contributed by atoms with Crippen LogP contribution < -0.4 is 5.73 Å². The Hall–Kier alpha value is -2.28. The first-order chi connectivity index (χ1) is 8.79. The van der Waals surface area contributed by atoms with E-state index in [4.69, 9.17) is 10.3 Å². The number of nitro groups is 1. The van der Waals surface area contributed by atoms with Crippen LogP contribution in [-0.2, 0) is 5.54 Å². The van der Waals surface area contributed by atoms with Crippen LogP contribution in [0.25, 0.3) is 11.5 Å². The molecule has 7 nitrogen and oxygen atoms in total. The predicted molar refractivity (Wildman–Crippen MR) is 68.3 cm³/mol. The summed E-state index contributed by atoms with van der Waals surface area (Å²) in [6, 6.07) is 4.75. The molecule has 0 spiro atoms. The first-order valence-electron chi connectivity index (χ1n) is 5.67. The third kappa shape index (κ3) is 2.60. The average molecular weight is 262 g/mol. The van der Waals surface area contributed by atoms with E-state index in [2.05, 4.69) is 10.1 Å². The number of hydrogen-bond donors (Lipinski definition) is 1. The lowest BCUT2D eigenvalue weighted by Crippen LogP contribution is -2.30. The molecule has 7 heteroatoms. The van der Waals surface area contributed by atoms with Crippen molar-refractivity contribution in [1.29, 1.82) is 0 Å². The molecule has 2 N–H and O–H groups in total. The molecule has 100 valence electrons. The van der Waals surface area contributed by atoms with Gasteiger partial charge in [0.05, 0.1) is 10.5 Å². The Kier molecular flexibility index (Phi) is 3.07. The summed E-state index contributed by atoms with van der Waals surface area (Å²) in [7, 11) is 0. The number of hydrogen-bond acceptors (Lipinski definition) is 6. The number of nitrogens with zero attached hydrogens (tertiary/aromatic N) is 3. The maximum absolute atomic E-state index is 10.9. The number of aryl methyl sites for hydroxylation is 1. The topological polar surface area (TPSA) is 108 Å². The van der Waals surface area contributed by atoms with Gasteiger partial charge in [-0.2, -0.15) is 4.98 Å². The molecule has 0 saturated heterocycles. The molecule has 0 unspecified atom stereocenters. The summed E-state index contributed by atoms with van der Waals surface area (Å²) in [5.74, 6) is 0.572. The number of rotatable bonds is 3. The highest BCUT2D eigenvalue weighted by Gasteiger charge is 2.23. The van der Waals surface area contributed by atoms with Crippen molar-refractivity contribution in [3.8, 4) is 11.5 Å². The molecule has 2 rings (SSSR count). The summed E-state index contributed by atoms with van der Waals surface area (Å²) < 4.78 is 5.09. The molecule has 19 heavy (non-hydrogen) atoms. The quantitative estimate of drug-likeness (QED) is 0.670. The van der Waals surface area contributed by atoms with E-state index in [1.807, 2.05) is 0 Å². The molecule has 0 amide bonds. The Bertz CT molecular complexity index is 628. The van der Waals surface area contributed by atoms with E-state index in [-0.39, 0.29) is 11.6 Å². The van der Waals surface area contributed by atoms with Crippen LogP contribution >= 0.6 is 0 Å². The van der Waals surface area contributed by atoms with Crippen molar-refractivity contribution in [2.45, 2.75) is 26.3 Å². The molecule has 0 bridgehead atoms. The average Bonchev–Trinajstić information content (AvgIpc) is 2.78. The summed E-state index contributed by atoms with van der Waals surface area (Å²) >= 11 is 0. The Morgan fingerprint density at radius 1 is 1.42 bits per heavy atom. The fourth-order valence-electron chi connectivity index (χ4n) is 1.54. The molecule has 0 aliphatic heterocycles. The number of nitrogens with two attached hydrogens (primary N) is 1. The van der Waals surface area contributed by atoms with Crippen LogP contribution in [0.4, 0.5) is 5.69 Å². The molecule has 0 aliphatic rings. The van der Waals surface area contributed by atoms with Gasteiger partial charge in [-0.1, -0.05) is 11.2 Å². The van der Waals surface area contributed by atoms with Gasteiger partial charge in [-0.15, -0.1) is 0 Å². The van der Waals surface area contributed by atoms with Crippen LogP contribution in [0.3, 0.4) is 0 Å². The lowest BCUT2D eigenvalue weighted by Gasteiger charge is -2.11. The van der Waals surface area contributed by atoms with Gasteiger partial charge in [-0.25, -0.2) is 0 Å². The van der Waals surface area contributed by atoms with Gasteiger partial charge < -0.3 is 10.3 Å². The Balaban J connectivity index is 2.45. The van der Waals surface area contributed by atoms with Crippen molar-refractivity contribution >= 4 is 5.69 Å². The number of benzene rings is 1. The Morgan fingerprint density at radius 3 is 2.63 bits per heavy atom. The van der Waals surface area contributed by atoms with Crippen molar-refractivity contribution < 1.29 is 9.45 Å². The molecule has 0 aliphatic carbocycles. The van der Waals surface area contributed by atoms with Crippen LogP contribution in [0.5, 0.6) is 0 Å². The molecule has 1 aromatic carbocycles. The van der Waals surface area contributed by atoms with Crippen molar-refractivity contribution in [2.24, 2.45) is 5.73 Å². The summed E-state index contributed by atoms with van der Waals surface area (Å²) in [4.78, 5) is 14.6. The lowest BCUT2D eigenvalue weighted by atomic mass is 10.1. The molecule has 2 aromatic rings. The third-order valence-electron chi connectivity index (χ3n) is 2.66. The highest BCUT2D eigenvalue weighted by atomic mass is 16.6. The first kappa shape index (κ1) is 13.2. The van der Waals surface area contributed by atoms with Gasteiger partial charge >= 0.3 is 0 Å². The molecule has 0 atom stereocenters. The van der Waals surface area contributed by atoms with Gasteiger partial charge in [0.2, 0.25) is 0 Å². The molecular formula is C12H14N4O3. The largest absolute Gasteiger partial charge is 0.334 e. The molecule has 0 saturated carbocycles. The van der Waals surface area contributed by atoms with E-state index < -0.39 is 10.5 Å². The number of aromatic nitrogens is 2. The van der Waals surface area contributed by atoms with Gasteiger partial charge in [-0.3, -0.25) is 10.1 Å². The fourth-order valence-corrected chi connectivity index (χ4v) is 1.54. The van der Waals surface area contributed by atoms with E-state index in [1.54, 1.807) is 32.9 Å². The van der Waals surface area contributed by atoms with E-state index in [0.29, 0.717) is 17.0 Å². The molecule has 1 aromatic heterocycles. The van der Waals surface area contributed by atoms with Crippen LogP contribution in [0.15, 0.2) is 22.7 Å². The van der Waals surface area contributed by atoms with Crippen molar-refractivity contribution in [2.75, 3.05) is 0 Å². The maximum Gasteiger partial charge on any atom is 0.273 e. The highest BCUT2D eigenvalue weighted by Crippen LogP contribution is 2.26. The van der Waals surface area contributed by atoms with Crippen LogP contribution in [0.2, 0.25) is 0 Å². The van der Waals surface area contributed by atoms with Gasteiger partial charge in [0.15, 0.2) is 5.82 Å². The van der Waals surface area contributed by atoms with Crippen LogP contribution in [-0.4, -0.2) is 15.1 Å². The highest BCUT2D eigenvalue weighted by molar-refractivity contribution is 5.59. The summed E-state index contributed by atoms with van der Waals surface area (Å²) in [5.41, 5.74) is 6.23. The van der Waals surface area contributed by atoms with E-state index >= 15 is 0 Å². The standard InChI is InChI=1S/C12H14N4O3/c1-7-4-5-8(6-9(7)16(17)18)10-14-11(15-19-10)12(2,3)13/h4-6H,13H2,1-3H3. The summed E-state index contributed by atoms with van der Waals surface area (Å²) in [6.45, 7) is 5.17. The Labute approximate surface area is 109 Å². The lowest BCUT2D eigenvalue weighted by molar-refractivity contribution is -0.385. The minimum absolute atomic E-state index is 0.0178. The number of nitro benzene ring substituents is 1. The molecule has 1 heterocycles. The second kappa shape index (κ2) is 4.43. The summed E-state index contributed by atoms with van der Waals surface area (Å²) in [6.07, 6.45) is 0. The predicted octanol–water partition coefficient (Wildman–Crippen LogP) is 2.15. The van der Waals surface area contributed by atoms with Crippen molar-refractivity contribution in [3.63, 3.8) is 0 Å². The van der Waals surface area contributed by atoms with Crippen LogP contribution in [0, 0.1) is 17.0 Å². The van der Waals surface area contributed by atoms with Crippen LogP contribution in [0.1, 0.15) is 25.2 Å². The van der Waals surface area contributed by atoms with Crippen molar-refractivity contribution in [3.05, 3.63) is 39.7 Å². The van der Waals surface area contributed by atoms with Gasteiger partial charge in [0, 0.05) is 17.2 Å². The zero-order valence-electron chi connectivity index (χ0n) is 10.9. The third-order valence-corrected chi connectivity index (χ3v) is 2.66. The smallest absolute Gasteiger partial charge is 0.273 e. The van der Waals surface area contributed by atoms with Gasteiger partial charge in [0.1, 0.15) is 0 Å². The molecule has 0 radical (unpaired) electrons. The fraction of sp³-hybridized carbons (Fsp3) is 0.333. The zero-order valence-corrected chi connectivity index (χ0v) is 10.9. The minimum Gasteiger partial charge on any atom is -0.334 e. The minimum atomic E-state index is -0.724. The zero-order chi connectivity index (χ0) is 14.2. The summed E-state index contributed by atoms with van der Waals surface area (Å²) in [5, 5.41) is 14.7. The monoisotopic (exact) mass is 262 g/mol. The normalized spacial score (nSPS) is 11.6. The van der Waals surface area contributed by atoms with Crippen molar-refractivity contribution in [1.82, 2.24) is 10.1 Å². The SMILES string of the molecule is Cc1ccc(-c2nc(C(C)(C)N)no2)cc1[N+](=O)[O-]. The van der Waals surface area contributed by atoms with Gasteiger partial charge in [0.25, 0.3) is 11.6 Å². The second-order valence-corrected chi connectivity index (χ2v) is 4.90. The van der Waals surface area contributed by atoms with E-state index in [9.17, 15) is 10.1 Å². The Morgan fingerprint density at radius 2 is 2.11 bits per heavy atom. The second-order valence-electron chi connectivity index (χ2n) is 4.90. The molecular weight excluding hydrogens is 248 g/mol. The van der Waals surface area contributed by atoms with E-state index in [0.717, 1.165) is 0 Å². The first-order valence-corrected chi connectivity index (χ1v) is 5.67. The van der Waals surface area contributed by atoms with E-state index in [1.165, 1.54) is 6.07 Å².